The predicted molar refractivity (Wildman–Crippen MR) is 40.7 cm³/mol. The quantitative estimate of drug-likeness (QED) is 0.317. The average Bonchev–Trinajstić information content (AvgIpc) is 2.34. The third-order valence-corrected chi connectivity index (χ3v) is 3.13. The van der Waals surface area contributed by atoms with Gasteiger partial charge < -0.3 is 0 Å². The minimum absolute atomic E-state index is 0.381. The molecule has 0 spiro atoms. The second-order valence-electron chi connectivity index (χ2n) is 4.39. The van der Waals surface area contributed by atoms with Gasteiger partial charge >= 0.3 is 142 Å². The zero-order chi connectivity index (χ0) is 22.0. The van der Waals surface area contributed by atoms with E-state index in [1.54, 1.807) is 0 Å². The van der Waals surface area contributed by atoms with Crippen molar-refractivity contribution >= 4 is 0 Å². The molecular weight excluding hydrogens is 527 g/mol. The molecule has 0 aromatic heterocycles. The van der Waals surface area contributed by atoms with Crippen LogP contribution in [0.2, 0.25) is 0 Å². The van der Waals surface area contributed by atoms with Crippen LogP contribution < -0.4 is 0 Å². The van der Waals surface area contributed by atoms with Gasteiger partial charge in [0.15, 0.2) is 0 Å². The Kier molecular flexibility index (Phi) is 5.92. The van der Waals surface area contributed by atoms with Gasteiger partial charge in [-0.3, -0.25) is 0 Å². The van der Waals surface area contributed by atoms with Crippen molar-refractivity contribution in [1.29, 1.82) is 0 Å². The van der Waals surface area contributed by atoms with Crippen LogP contribution in [0.1, 0.15) is 0 Å². The van der Waals surface area contributed by atoms with Crippen molar-refractivity contribution in [2.45, 2.75) is 45.9 Å². The molecule has 0 saturated carbocycles. The van der Waals surface area contributed by atoms with Gasteiger partial charge in [0.25, 0.3) is 0 Å². The summed E-state index contributed by atoms with van der Waals surface area (Å²) in [4.78, 5) is 0. The van der Waals surface area contributed by atoms with Gasteiger partial charge in [-0.2, -0.15) is 0 Å². The summed E-state index contributed by atoms with van der Waals surface area (Å²) in [5, 5.41) is 0. The van der Waals surface area contributed by atoms with E-state index < -0.39 is 45.9 Å². The van der Waals surface area contributed by atoms with Crippen molar-refractivity contribution in [3.05, 3.63) is 0 Å². The Balaban J connectivity index is 6.61. The van der Waals surface area contributed by atoms with Crippen LogP contribution in [-0.2, 0) is 21.1 Å². The molecular formula is C8AgF17. The van der Waals surface area contributed by atoms with Gasteiger partial charge in [-0.25, -0.2) is 0 Å². The molecule has 0 atom stereocenters. The minimum atomic E-state index is -8.58. The molecule has 0 aromatic carbocycles. The molecule has 18 heteroatoms. The Morgan fingerprint density at radius 2 is 0.500 bits per heavy atom. The van der Waals surface area contributed by atoms with Gasteiger partial charge in [-0.15, -0.1) is 0 Å². The molecule has 162 valence electrons. The number of rotatable bonds is 6. The van der Waals surface area contributed by atoms with Crippen LogP contribution in [0.3, 0.4) is 0 Å². The van der Waals surface area contributed by atoms with E-state index in [-0.39, 0.29) is 0 Å². The van der Waals surface area contributed by atoms with Crippen LogP contribution in [0, 0.1) is 0 Å². The predicted octanol–water partition coefficient (Wildman–Crippen LogP) is 5.50. The topological polar surface area (TPSA) is 0 Å². The first kappa shape index (κ1) is 25.6. The molecule has 0 rings (SSSR count). The molecule has 0 radical (unpaired) electrons. The Bertz CT molecular complexity index is 474. The monoisotopic (exact) mass is 526 g/mol. The van der Waals surface area contributed by atoms with E-state index in [0.717, 1.165) is 0 Å². The summed E-state index contributed by atoms with van der Waals surface area (Å²) in [5.41, 5.74) is 0. The molecule has 0 bridgehead atoms. The average molecular weight is 527 g/mol. The van der Waals surface area contributed by atoms with Crippen LogP contribution in [0.4, 0.5) is 74.6 Å². The Morgan fingerprint density at radius 1 is 0.308 bits per heavy atom. The molecule has 0 heterocycles. The second kappa shape index (κ2) is 6.02. The molecule has 0 unspecified atom stereocenters. The van der Waals surface area contributed by atoms with Crippen molar-refractivity contribution in [2.75, 3.05) is 0 Å². The van der Waals surface area contributed by atoms with Gasteiger partial charge in [0.05, 0.1) is 0 Å². The maximum atomic E-state index is 12.9. The van der Waals surface area contributed by atoms with Crippen LogP contribution in [0.15, 0.2) is 0 Å². The van der Waals surface area contributed by atoms with E-state index in [0.29, 0.717) is 21.1 Å². The van der Waals surface area contributed by atoms with Crippen LogP contribution in [0.25, 0.3) is 0 Å². The standard InChI is InChI=1S/C8F17.Ag/c9-1(10)2(11,12)3(13,14)4(15,16)5(17,18)6(19,20)7(21,22)8(23,24)25;. The third kappa shape index (κ3) is 3.06. The van der Waals surface area contributed by atoms with Crippen molar-refractivity contribution in [1.82, 2.24) is 0 Å². The van der Waals surface area contributed by atoms with Gasteiger partial charge in [0, 0.05) is 0 Å². The van der Waals surface area contributed by atoms with Gasteiger partial charge in [-0.05, 0) is 0 Å². The first-order chi connectivity index (χ1) is 10.8. The molecule has 0 nitrogen and oxygen atoms in total. The Hall–Kier alpha value is -0.450. The normalized spacial score (nSPS) is 16.9. The van der Waals surface area contributed by atoms with E-state index in [1.807, 2.05) is 0 Å². The first-order valence-corrected chi connectivity index (χ1v) is 5.85. The van der Waals surface area contributed by atoms with E-state index in [9.17, 15) is 74.6 Å². The fraction of sp³-hybridized carbons (Fsp3) is 1.00. The molecule has 0 aliphatic rings. The summed E-state index contributed by atoms with van der Waals surface area (Å²) in [6.45, 7) is 0. The SMILES string of the molecule is FC(F)(F)C(F)(F)C(F)(F)C(F)(F)C(F)(F)C(F)(F)C(F)(F)[C](F)(F)[Ag]. The van der Waals surface area contributed by atoms with Gasteiger partial charge in [0.1, 0.15) is 0 Å². The zero-order valence-electron chi connectivity index (χ0n) is 10.7. The van der Waals surface area contributed by atoms with Gasteiger partial charge in [-0.1, -0.05) is 0 Å². The van der Waals surface area contributed by atoms with Crippen molar-refractivity contribution < 1.29 is 95.7 Å². The summed E-state index contributed by atoms with van der Waals surface area (Å²) in [7, 11) is 0. The molecule has 0 amide bonds. The van der Waals surface area contributed by atoms with Crippen molar-refractivity contribution in [3.8, 4) is 0 Å². The maximum absolute atomic E-state index is 12.9. The number of alkyl halides is 17. The fourth-order valence-corrected chi connectivity index (χ4v) is 1.37. The fourth-order valence-electron chi connectivity index (χ4n) is 1.13. The molecule has 0 aliphatic heterocycles. The number of hydrogen-bond acceptors (Lipinski definition) is 0. The van der Waals surface area contributed by atoms with Crippen molar-refractivity contribution in [2.24, 2.45) is 0 Å². The third-order valence-electron chi connectivity index (χ3n) is 2.66. The zero-order valence-corrected chi connectivity index (χ0v) is 12.2. The van der Waals surface area contributed by atoms with E-state index in [4.69, 9.17) is 0 Å². The number of hydrogen-bond donors (Lipinski definition) is 0. The molecule has 26 heavy (non-hydrogen) atoms. The van der Waals surface area contributed by atoms with Crippen LogP contribution >= 0.6 is 0 Å². The van der Waals surface area contributed by atoms with E-state index in [2.05, 4.69) is 0 Å². The van der Waals surface area contributed by atoms with Crippen LogP contribution in [-0.4, -0.2) is 45.9 Å². The summed E-state index contributed by atoms with van der Waals surface area (Å²) >= 11 is 0.381. The van der Waals surface area contributed by atoms with E-state index >= 15 is 0 Å². The summed E-state index contributed by atoms with van der Waals surface area (Å²) in [6, 6.07) is 0. The van der Waals surface area contributed by atoms with E-state index in [1.165, 1.54) is 0 Å². The molecule has 0 fully saturated rings. The number of halogens is 17. The molecule has 0 aliphatic carbocycles. The molecule has 0 saturated heterocycles. The second-order valence-corrected chi connectivity index (χ2v) is 5.32. The Morgan fingerprint density at radius 3 is 0.692 bits per heavy atom. The summed E-state index contributed by atoms with van der Waals surface area (Å²) < 4.78 is 206. The Labute approximate surface area is 142 Å². The van der Waals surface area contributed by atoms with Crippen molar-refractivity contribution in [3.63, 3.8) is 0 Å². The molecule has 0 N–H and O–H groups in total. The summed E-state index contributed by atoms with van der Waals surface area (Å²) in [5.74, 6) is -49.6. The molecule has 0 aromatic rings. The van der Waals surface area contributed by atoms with Gasteiger partial charge in [0.2, 0.25) is 0 Å². The summed E-state index contributed by atoms with van der Waals surface area (Å²) in [6.07, 6.45) is -7.74. The van der Waals surface area contributed by atoms with Crippen LogP contribution in [0.5, 0.6) is 0 Å². The first-order valence-electron chi connectivity index (χ1n) is 5.11.